The molecule has 152 valence electrons. The van der Waals surface area contributed by atoms with Gasteiger partial charge in [-0.3, -0.25) is 0 Å². The number of nitrogens with two attached hydrogens (primary N) is 1. The maximum absolute atomic E-state index is 10.9. The average molecular weight is 358 g/mol. The quantitative estimate of drug-likeness (QED) is 0.428. The Bertz CT molecular complexity index is 296. The molecule has 0 bridgehead atoms. The molecule has 0 fully saturated rings. The maximum Gasteiger partial charge on any atom is 0.127 e. The molecule has 0 amide bonds. The van der Waals surface area contributed by atoms with E-state index < -0.39 is 0 Å². The van der Waals surface area contributed by atoms with Crippen LogP contribution in [0.1, 0.15) is 81.6 Å². The van der Waals surface area contributed by atoms with E-state index in [2.05, 4.69) is 27.0 Å². The number of carbonyl (C=O) groups excluding carboxylic acids is 1. The van der Waals surface area contributed by atoms with Crippen molar-refractivity contribution >= 4 is 6.29 Å². The Morgan fingerprint density at radius 2 is 1.52 bits per heavy atom. The van der Waals surface area contributed by atoms with Gasteiger partial charge in [-0.1, -0.05) is 57.9 Å². The fraction of sp³-hybridized carbons (Fsp3) is 0.682. The average Bonchev–Trinajstić information content (AvgIpc) is 2.66. The molecule has 0 aliphatic heterocycles. The van der Waals surface area contributed by atoms with Crippen LogP contribution in [0.15, 0.2) is 36.5 Å². The zero-order valence-corrected chi connectivity index (χ0v) is 18.6. The Morgan fingerprint density at radius 1 is 1.12 bits per heavy atom. The number of hydrogen-bond acceptors (Lipinski definition) is 3. The van der Waals surface area contributed by atoms with Gasteiger partial charge in [-0.25, -0.2) is 0 Å². The van der Waals surface area contributed by atoms with Gasteiger partial charge in [-0.15, -0.1) is 13.2 Å². The minimum atomic E-state index is 0.0814. The lowest BCUT2D eigenvalue weighted by molar-refractivity contribution is -0.110. The van der Waals surface area contributed by atoms with Crippen LogP contribution >= 0.6 is 0 Å². The largest absolute Gasteiger partial charge is 0.397 e. The fourth-order valence-electron chi connectivity index (χ4n) is 1.74. The first-order valence-corrected chi connectivity index (χ1v) is 9.59. The van der Waals surface area contributed by atoms with Crippen LogP contribution in [0.3, 0.4) is 0 Å². The van der Waals surface area contributed by atoms with Gasteiger partial charge in [0, 0.05) is 18.6 Å². The zero-order chi connectivity index (χ0) is 21.3. The van der Waals surface area contributed by atoms with Crippen molar-refractivity contribution in [2.75, 3.05) is 6.61 Å². The third kappa shape index (κ3) is 27.9. The molecular formula is C22H47NO2. The van der Waals surface area contributed by atoms with Crippen molar-refractivity contribution in [3.05, 3.63) is 36.5 Å². The van der Waals surface area contributed by atoms with Gasteiger partial charge >= 0.3 is 0 Å². The van der Waals surface area contributed by atoms with Crippen molar-refractivity contribution in [1.29, 1.82) is 0 Å². The lowest BCUT2D eigenvalue weighted by Gasteiger charge is -2.14. The van der Waals surface area contributed by atoms with Crippen LogP contribution in [0, 0.1) is 5.92 Å². The Balaban J connectivity index is -0.000000126. The number of carbonyl (C=O) groups is 1. The number of aldehydes is 1. The van der Waals surface area contributed by atoms with E-state index in [4.69, 9.17) is 10.8 Å². The molecule has 2 atom stereocenters. The van der Waals surface area contributed by atoms with Gasteiger partial charge < -0.3 is 15.6 Å². The van der Waals surface area contributed by atoms with Crippen molar-refractivity contribution in [3.8, 4) is 0 Å². The molecule has 2 unspecified atom stereocenters. The standard InChI is InChI=1S/C14H25NO.C2H6O.2C2H6.C2H4/c1-5-7-14(15)9-8-11(3)12(4)13(6-2)10-16;1-2-3;3*1-2/h5,7,10,13-14H,6,8-9,15H2,1-4H3;3H,2H2,1H3;2*1-2H3;1-2H2/b7-5+,12-11+;;;;. The van der Waals surface area contributed by atoms with Gasteiger partial charge in [0.05, 0.1) is 0 Å². The molecule has 0 rings (SSSR count). The van der Waals surface area contributed by atoms with Crippen LogP contribution in [0.25, 0.3) is 0 Å². The number of aliphatic hydroxyl groups excluding tert-OH is 1. The normalized spacial score (nSPS) is 12.3. The van der Waals surface area contributed by atoms with E-state index in [0.29, 0.717) is 0 Å². The molecule has 0 heterocycles. The topological polar surface area (TPSA) is 63.3 Å². The van der Waals surface area contributed by atoms with E-state index in [9.17, 15) is 4.79 Å². The molecule has 0 aliphatic rings. The lowest BCUT2D eigenvalue weighted by atomic mass is 9.92. The SMILES string of the molecule is C/C=C/C(N)CC/C(C)=C(\C)C(C=O)CC.C=C.CC.CC.CCO. The number of aliphatic hydroxyl groups is 1. The molecule has 0 aromatic heterocycles. The van der Waals surface area contributed by atoms with Crippen LogP contribution in [0.2, 0.25) is 0 Å². The molecule has 0 aromatic rings. The molecule has 3 heteroatoms. The summed E-state index contributed by atoms with van der Waals surface area (Å²) < 4.78 is 0. The van der Waals surface area contributed by atoms with Crippen LogP contribution in [0.4, 0.5) is 0 Å². The summed E-state index contributed by atoms with van der Waals surface area (Å²) in [7, 11) is 0. The number of hydrogen-bond donors (Lipinski definition) is 2. The minimum absolute atomic E-state index is 0.0814. The third-order valence-corrected chi connectivity index (χ3v) is 3.13. The molecule has 0 aliphatic carbocycles. The summed E-state index contributed by atoms with van der Waals surface area (Å²) >= 11 is 0. The van der Waals surface area contributed by atoms with Crippen LogP contribution < -0.4 is 5.73 Å². The van der Waals surface area contributed by atoms with E-state index in [0.717, 1.165) is 25.5 Å². The second kappa shape index (κ2) is 34.2. The predicted molar refractivity (Wildman–Crippen MR) is 117 cm³/mol. The van der Waals surface area contributed by atoms with Crippen LogP contribution in [0.5, 0.6) is 0 Å². The minimum Gasteiger partial charge on any atom is -0.397 e. The molecule has 3 N–H and O–H groups in total. The van der Waals surface area contributed by atoms with Crippen LogP contribution in [-0.4, -0.2) is 24.0 Å². The van der Waals surface area contributed by atoms with Gasteiger partial charge in [0.2, 0.25) is 0 Å². The van der Waals surface area contributed by atoms with Crippen molar-refractivity contribution in [2.24, 2.45) is 11.7 Å². The molecule has 0 aromatic carbocycles. The van der Waals surface area contributed by atoms with E-state index in [1.165, 1.54) is 11.1 Å². The highest BCUT2D eigenvalue weighted by Gasteiger charge is 2.09. The summed E-state index contributed by atoms with van der Waals surface area (Å²) in [6.45, 7) is 24.1. The van der Waals surface area contributed by atoms with Crippen molar-refractivity contribution in [1.82, 2.24) is 0 Å². The van der Waals surface area contributed by atoms with Crippen molar-refractivity contribution in [2.45, 2.75) is 87.6 Å². The maximum atomic E-state index is 10.9. The second-order valence-electron chi connectivity index (χ2n) is 4.66. The summed E-state index contributed by atoms with van der Waals surface area (Å²) in [5.41, 5.74) is 8.41. The van der Waals surface area contributed by atoms with Crippen molar-refractivity contribution in [3.63, 3.8) is 0 Å². The Labute approximate surface area is 159 Å². The first kappa shape index (κ1) is 35.0. The first-order chi connectivity index (χ1) is 12.0. The highest BCUT2D eigenvalue weighted by Crippen LogP contribution is 2.20. The lowest BCUT2D eigenvalue weighted by Crippen LogP contribution is -2.16. The summed E-state index contributed by atoms with van der Waals surface area (Å²) in [4.78, 5) is 10.9. The highest BCUT2D eigenvalue weighted by molar-refractivity contribution is 5.58. The monoisotopic (exact) mass is 357 g/mol. The molecular weight excluding hydrogens is 310 g/mol. The van der Waals surface area contributed by atoms with Gasteiger partial charge in [0.25, 0.3) is 0 Å². The van der Waals surface area contributed by atoms with Crippen molar-refractivity contribution < 1.29 is 9.90 Å². The third-order valence-electron chi connectivity index (χ3n) is 3.13. The summed E-state index contributed by atoms with van der Waals surface area (Å²) in [5.74, 6) is 0.0814. The summed E-state index contributed by atoms with van der Waals surface area (Å²) in [6, 6.07) is 0.129. The van der Waals surface area contributed by atoms with Gasteiger partial charge in [-0.05, 0) is 47.0 Å². The van der Waals surface area contributed by atoms with E-state index in [1.807, 2.05) is 53.7 Å². The summed E-state index contributed by atoms with van der Waals surface area (Å²) in [5, 5.41) is 7.57. The molecule has 0 saturated carbocycles. The summed E-state index contributed by atoms with van der Waals surface area (Å²) in [6.07, 6.45) is 7.85. The number of rotatable bonds is 7. The molecule has 0 spiro atoms. The predicted octanol–water partition coefficient (Wildman–Crippen LogP) is 6.08. The Kier molecular flexibility index (Phi) is 47.9. The molecule has 25 heavy (non-hydrogen) atoms. The molecule has 0 radical (unpaired) electrons. The number of allylic oxidation sites excluding steroid dienone is 3. The van der Waals surface area contributed by atoms with Gasteiger partial charge in [0.15, 0.2) is 0 Å². The van der Waals surface area contributed by atoms with Gasteiger partial charge in [-0.2, -0.15) is 0 Å². The second-order valence-corrected chi connectivity index (χ2v) is 4.66. The fourth-order valence-corrected chi connectivity index (χ4v) is 1.74. The molecule has 3 nitrogen and oxygen atoms in total. The first-order valence-electron chi connectivity index (χ1n) is 9.59. The van der Waals surface area contributed by atoms with E-state index in [-0.39, 0.29) is 18.6 Å². The van der Waals surface area contributed by atoms with E-state index >= 15 is 0 Å². The van der Waals surface area contributed by atoms with E-state index in [1.54, 1.807) is 6.92 Å². The Hall–Kier alpha value is -1.19. The van der Waals surface area contributed by atoms with Crippen LogP contribution in [-0.2, 0) is 4.79 Å². The Morgan fingerprint density at radius 3 is 1.80 bits per heavy atom. The zero-order valence-electron chi connectivity index (χ0n) is 18.6. The smallest absolute Gasteiger partial charge is 0.127 e. The molecule has 0 saturated heterocycles. The highest BCUT2D eigenvalue weighted by atomic mass is 16.2. The van der Waals surface area contributed by atoms with Gasteiger partial charge in [0.1, 0.15) is 6.29 Å².